The van der Waals surface area contributed by atoms with Crippen LogP contribution in [0.15, 0.2) is 12.2 Å². The smallest absolute Gasteiger partial charge is 0.219 e. The second kappa shape index (κ2) is 7.32. The van der Waals surface area contributed by atoms with Crippen molar-refractivity contribution in [1.82, 2.24) is 5.32 Å². The van der Waals surface area contributed by atoms with E-state index >= 15 is 0 Å². The van der Waals surface area contributed by atoms with Crippen LogP contribution in [-0.2, 0) is 4.79 Å². The highest BCUT2D eigenvalue weighted by atomic mass is 16.1. The zero-order chi connectivity index (χ0) is 8.53. The van der Waals surface area contributed by atoms with E-state index in [1.807, 2.05) is 19.9 Å². The van der Waals surface area contributed by atoms with Crippen molar-refractivity contribution in [2.45, 2.75) is 33.1 Å². The third-order valence-corrected chi connectivity index (χ3v) is 1.38. The minimum atomic E-state index is 0.164. The Labute approximate surface area is 68.7 Å². The predicted molar refractivity (Wildman–Crippen MR) is 47.3 cm³/mol. The van der Waals surface area contributed by atoms with Gasteiger partial charge in [-0.05, 0) is 26.7 Å². The highest BCUT2D eigenvalue weighted by molar-refractivity contribution is 5.75. The molecular formula is C9H17NO. The molecule has 2 nitrogen and oxygen atoms in total. The first-order valence-corrected chi connectivity index (χ1v) is 4.19. The monoisotopic (exact) mass is 155 g/mol. The second-order valence-corrected chi connectivity index (χ2v) is 2.41. The molecule has 0 aliphatic heterocycles. The lowest BCUT2D eigenvalue weighted by Crippen LogP contribution is -2.21. The molecule has 0 aromatic rings. The lowest BCUT2D eigenvalue weighted by molar-refractivity contribution is -0.121. The Kier molecular flexibility index (Phi) is 6.79. The summed E-state index contributed by atoms with van der Waals surface area (Å²) in [5, 5.41) is 2.76. The average Bonchev–Trinajstić information content (AvgIpc) is 1.99. The van der Waals surface area contributed by atoms with Gasteiger partial charge in [-0.25, -0.2) is 0 Å². The molecule has 1 N–H and O–H groups in total. The van der Waals surface area contributed by atoms with Gasteiger partial charge >= 0.3 is 0 Å². The van der Waals surface area contributed by atoms with Gasteiger partial charge in [0.05, 0.1) is 0 Å². The van der Waals surface area contributed by atoms with Crippen LogP contribution < -0.4 is 5.32 Å². The first-order valence-electron chi connectivity index (χ1n) is 4.19. The third-order valence-electron chi connectivity index (χ3n) is 1.38. The van der Waals surface area contributed by atoms with Gasteiger partial charge in [0, 0.05) is 13.0 Å². The van der Waals surface area contributed by atoms with Gasteiger partial charge in [0.2, 0.25) is 5.91 Å². The Hall–Kier alpha value is -0.790. The van der Waals surface area contributed by atoms with E-state index in [9.17, 15) is 4.79 Å². The molecule has 0 rings (SSSR count). The Morgan fingerprint density at radius 2 is 2.27 bits per heavy atom. The summed E-state index contributed by atoms with van der Waals surface area (Å²) in [7, 11) is 0. The van der Waals surface area contributed by atoms with Crippen molar-refractivity contribution in [2.24, 2.45) is 0 Å². The average molecular weight is 155 g/mol. The minimum Gasteiger partial charge on any atom is -0.356 e. The standard InChI is InChI=1S/C9H17NO/c1-3-5-6-7-8-9(11)10-4-2/h3,5H,4,6-8H2,1-2H3,(H,10,11)/b5-3-. The molecule has 0 aliphatic rings. The SMILES string of the molecule is C/C=C\CCCC(=O)NCC. The largest absolute Gasteiger partial charge is 0.356 e. The summed E-state index contributed by atoms with van der Waals surface area (Å²) in [5.74, 6) is 0.164. The van der Waals surface area contributed by atoms with E-state index in [4.69, 9.17) is 0 Å². The molecule has 0 aliphatic carbocycles. The molecular weight excluding hydrogens is 138 g/mol. The molecule has 0 spiro atoms. The summed E-state index contributed by atoms with van der Waals surface area (Å²) < 4.78 is 0. The zero-order valence-electron chi connectivity index (χ0n) is 7.39. The molecule has 0 fully saturated rings. The molecule has 0 saturated heterocycles. The number of carbonyl (C=O) groups is 1. The summed E-state index contributed by atoms with van der Waals surface area (Å²) in [5.41, 5.74) is 0. The van der Waals surface area contributed by atoms with E-state index in [0.717, 1.165) is 19.4 Å². The van der Waals surface area contributed by atoms with Crippen molar-refractivity contribution in [3.8, 4) is 0 Å². The first-order chi connectivity index (χ1) is 5.31. The van der Waals surface area contributed by atoms with Gasteiger partial charge in [0.25, 0.3) is 0 Å². The Balaban J connectivity index is 3.17. The molecule has 0 aromatic heterocycles. The molecule has 0 radical (unpaired) electrons. The number of rotatable bonds is 5. The van der Waals surface area contributed by atoms with Crippen LogP contribution >= 0.6 is 0 Å². The van der Waals surface area contributed by atoms with Crippen molar-refractivity contribution in [2.75, 3.05) is 6.54 Å². The van der Waals surface area contributed by atoms with Crippen LogP contribution in [0.3, 0.4) is 0 Å². The summed E-state index contributed by atoms with van der Waals surface area (Å²) in [4.78, 5) is 10.9. The fourth-order valence-electron chi connectivity index (χ4n) is 0.833. The van der Waals surface area contributed by atoms with Crippen molar-refractivity contribution in [3.63, 3.8) is 0 Å². The van der Waals surface area contributed by atoms with Crippen LogP contribution in [0.4, 0.5) is 0 Å². The van der Waals surface area contributed by atoms with E-state index in [1.165, 1.54) is 0 Å². The number of nitrogens with one attached hydrogen (secondary N) is 1. The van der Waals surface area contributed by atoms with E-state index in [-0.39, 0.29) is 5.91 Å². The molecule has 0 unspecified atom stereocenters. The highest BCUT2D eigenvalue weighted by Crippen LogP contribution is 1.95. The van der Waals surface area contributed by atoms with E-state index in [2.05, 4.69) is 11.4 Å². The van der Waals surface area contributed by atoms with Gasteiger partial charge in [-0.3, -0.25) is 4.79 Å². The summed E-state index contributed by atoms with van der Waals surface area (Å²) >= 11 is 0. The normalized spacial score (nSPS) is 10.4. The molecule has 2 heteroatoms. The van der Waals surface area contributed by atoms with Crippen molar-refractivity contribution in [1.29, 1.82) is 0 Å². The van der Waals surface area contributed by atoms with Crippen LogP contribution in [0, 0.1) is 0 Å². The van der Waals surface area contributed by atoms with Crippen LogP contribution in [0.1, 0.15) is 33.1 Å². The number of amides is 1. The quantitative estimate of drug-likeness (QED) is 0.476. The van der Waals surface area contributed by atoms with Gasteiger partial charge in [-0.15, -0.1) is 0 Å². The van der Waals surface area contributed by atoms with Crippen LogP contribution in [0.5, 0.6) is 0 Å². The topological polar surface area (TPSA) is 29.1 Å². The number of allylic oxidation sites excluding steroid dienone is 2. The van der Waals surface area contributed by atoms with Gasteiger partial charge in [-0.1, -0.05) is 12.2 Å². The Morgan fingerprint density at radius 1 is 1.55 bits per heavy atom. The van der Waals surface area contributed by atoms with Crippen LogP contribution in [-0.4, -0.2) is 12.5 Å². The van der Waals surface area contributed by atoms with Crippen molar-refractivity contribution in [3.05, 3.63) is 12.2 Å². The van der Waals surface area contributed by atoms with E-state index < -0.39 is 0 Å². The first kappa shape index (κ1) is 10.2. The summed E-state index contributed by atoms with van der Waals surface area (Å²) in [6.45, 7) is 4.67. The number of carbonyl (C=O) groups excluding carboxylic acids is 1. The third kappa shape index (κ3) is 7.10. The van der Waals surface area contributed by atoms with Gasteiger partial charge in [0.1, 0.15) is 0 Å². The maximum Gasteiger partial charge on any atom is 0.219 e. The summed E-state index contributed by atoms with van der Waals surface area (Å²) in [6.07, 6.45) is 6.71. The molecule has 0 aromatic carbocycles. The van der Waals surface area contributed by atoms with Crippen molar-refractivity contribution >= 4 is 5.91 Å². The molecule has 0 saturated carbocycles. The Bertz CT molecular complexity index is 130. The fraction of sp³-hybridized carbons (Fsp3) is 0.667. The summed E-state index contributed by atoms with van der Waals surface area (Å²) in [6, 6.07) is 0. The van der Waals surface area contributed by atoms with Crippen molar-refractivity contribution < 1.29 is 4.79 Å². The lowest BCUT2D eigenvalue weighted by Gasteiger charge is -1.98. The molecule has 1 amide bonds. The minimum absolute atomic E-state index is 0.164. The van der Waals surface area contributed by atoms with Gasteiger partial charge in [-0.2, -0.15) is 0 Å². The second-order valence-electron chi connectivity index (χ2n) is 2.41. The highest BCUT2D eigenvalue weighted by Gasteiger charge is 1.95. The predicted octanol–water partition coefficient (Wildman–Crippen LogP) is 1.87. The maximum absolute atomic E-state index is 10.9. The van der Waals surface area contributed by atoms with E-state index in [1.54, 1.807) is 0 Å². The maximum atomic E-state index is 10.9. The number of hydrogen-bond donors (Lipinski definition) is 1. The number of unbranched alkanes of at least 4 members (excludes halogenated alkanes) is 1. The zero-order valence-corrected chi connectivity index (χ0v) is 7.39. The lowest BCUT2D eigenvalue weighted by atomic mass is 10.2. The molecule has 0 atom stereocenters. The van der Waals surface area contributed by atoms with Gasteiger partial charge < -0.3 is 5.32 Å². The molecule has 64 valence electrons. The van der Waals surface area contributed by atoms with Gasteiger partial charge in [0.15, 0.2) is 0 Å². The molecule has 0 heterocycles. The fourth-order valence-corrected chi connectivity index (χ4v) is 0.833. The van der Waals surface area contributed by atoms with Crippen LogP contribution in [0.25, 0.3) is 0 Å². The number of hydrogen-bond acceptors (Lipinski definition) is 1. The molecule has 0 bridgehead atoms. The van der Waals surface area contributed by atoms with Crippen LogP contribution in [0.2, 0.25) is 0 Å². The Morgan fingerprint density at radius 3 is 2.82 bits per heavy atom. The molecule has 11 heavy (non-hydrogen) atoms. The van der Waals surface area contributed by atoms with E-state index in [0.29, 0.717) is 6.42 Å².